The summed E-state index contributed by atoms with van der Waals surface area (Å²) in [5.41, 5.74) is 0. The fraction of sp³-hybridized carbons (Fsp3) is 0.683. The number of hydrogen-bond donors (Lipinski definition) is 0. The molecule has 1 atom stereocenters. The third-order valence-corrected chi connectivity index (χ3v) is 11.8. The molecule has 0 aliphatic carbocycles. The molecule has 0 radical (unpaired) electrons. The molecule has 5 heteroatoms. The summed E-state index contributed by atoms with van der Waals surface area (Å²) in [4.78, 5) is 25.5. The summed E-state index contributed by atoms with van der Waals surface area (Å²) in [7, 11) is 0. The average Bonchev–Trinajstić information content (AvgIpc) is 3.34. The summed E-state index contributed by atoms with van der Waals surface area (Å²) < 4.78 is 17.4. The van der Waals surface area contributed by atoms with Crippen molar-refractivity contribution in [3.05, 3.63) is 109 Å². The maximum Gasteiger partial charge on any atom is 0.306 e. The van der Waals surface area contributed by atoms with Crippen molar-refractivity contribution in [1.82, 2.24) is 0 Å². The molecule has 0 aliphatic rings. The SMILES string of the molecule is CC/C=C\C/C=C\C/C=C\C/C=C\C/C=C\CCOCC(COC(=O)CCCCCCCC/C=C\C/C=C\C/C=C\CCCCC)OC(=O)CCCCCCCCC/C=C\CCCCCCCC. The zero-order valence-electron chi connectivity index (χ0n) is 44.6. The van der Waals surface area contributed by atoms with Crippen molar-refractivity contribution in [2.45, 2.75) is 258 Å². The maximum atomic E-state index is 12.9. The number of unbranched alkanes of at least 4 members (excludes halogenated alkanes) is 22. The van der Waals surface area contributed by atoms with Crippen LogP contribution in [0.25, 0.3) is 0 Å². The van der Waals surface area contributed by atoms with E-state index in [-0.39, 0.29) is 25.2 Å². The Morgan fingerprint density at radius 1 is 0.338 bits per heavy atom. The summed E-state index contributed by atoms with van der Waals surface area (Å²) >= 11 is 0. The van der Waals surface area contributed by atoms with Crippen LogP contribution in [0.4, 0.5) is 0 Å². The van der Waals surface area contributed by atoms with E-state index in [4.69, 9.17) is 14.2 Å². The molecule has 388 valence electrons. The van der Waals surface area contributed by atoms with E-state index in [0.29, 0.717) is 19.4 Å². The Morgan fingerprint density at radius 2 is 0.662 bits per heavy atom. The lowest BCUT2D eigenvalue weighted by atomic mass is 10.1. The summed E-state index contributed by atoms with van der Waals surface area (Å²) in [6, 6.07) is 0. The summed E-state index contributed by atoms with van der Waals surface area (Å²) in [6.45, 7) is 7.46. The van der Waals surface area contributed by atoms with Crippen LogP contribution in [0.1, 0.15) is 252 Å². The van der Waals surface area contributed by atoms with Gasteiger partial charge in [-0.25, -0.2) is 0 Å². The van der Waals surface area contributed by atoms with Crippen molar-refractivity contribution < 1.29 is 23.8 Å². The number of esters is 2. The Kier molecular flexibility index (Phi) is 54.9. The zero-order valence-corrected chi connectivity index (χ0v) is 44.6. The Hall–Kier alpha value is -3.44. The first-order valence-corrected chi connectivity index (χ1v) is 28.4. The Bertz CT molecular complexity index is 1340. The van der Waals surface area contributed by atoms with Crippen LogP contribution in [0, 0.1) is 0 Å². The molecule has 1 unspecified atom stereocenters. The van der Waals surface area contributed by atoms with E-state index in [1.54, 1.807) is 0 Å². The molecule has 0 aromatic rings. The van der Waals surface area contributed by atoms with Gasteiger partial charge in [0.2, 0.25) is 0 Å². The van der Waals surface area contributed by atoms with Crippen LogP contribution in [-0.2, 0) is 23.8 Å². The Balaban J connectivity index is 4.41. The van der Waals surface area contributed by atoms with E-state index >= 15 is 0 Å². The Labute approximate surface area is 421 Å². The zero-order chi connectivity index (χ0) is 49.2. The van der Waals surface area contributed by atoms with E-state index in [1.807, 2.05) is 0 Å². The van der Waals surface area contributed by atoms with Crippen molar-refractivity contribution >= 4 is 11.9 Å². The lowest BCUT2D eigenvalue weighted by Gasteiger charge is -2.18. The lowest BCUT2D eigenvalue weighted by Crippen LogP contribution is -2.30. The summed E-state index contributed by atoms with van der Waals surface area (Å²) in [5.74, 6) is -0.458. The topological polar surface area (TPSA) is 61.8 Å². The van der Waals surface area contributed by atoms with Gasteiger partial charge in [0.25, 0.3) is 0 Å². The molecule has 5 nitrogen and oxygen atoms in total. The minimum atomic E-state index is -0.591. The van der Waals surface area contributed by atoms with Crippen LogP contribution >= 0.6 is 0 Å². The number of hydrogen-bond acceptors (Lipinski definition) is 5. The third-order valence-electron chi connectivity index (χ3n) is 11.8. The van der Waals surface area contributed by atoms with Crippen LogP contribution in [0.15, 0.2) is 109 Å². The number of carbonyl (C=O) groups excluding carboxylic acids is 2. The minimum absolute atomic E-state index is 0.0416. The summed E-state index contributed by atoms with van der Waals surface area (Å²) in [5, 5.41) is 0. The fourth-order valence-corrected chi connectivity index (χ4v) is 7.58. The van der Waals surface area contributed by atoms with Gasteiger partial charge in [-0.15, -0.1) is 0 Å². The van der Waals surface area contributed by atoms with E-state index < -0.39 is 6.10 Å². The third kappa shape index (κ3) is 55.2. The smallest absolute Gasteiger partial charge is 0.306 e. The second-order valence-corrected chi connectivity index (χ2v) is 18.4. The van der Waals surface area contributed by atoms with Gasteiger partial charge in [-0.3, -0.25) is 9.59 Å². The van der Waals surface area contributed by atoms with Gasteiger partial charge in [-0.05, 0) is 116 Å². The van der Waals surface area contributed by atoms with Crippen molar-refractivity contribution in [1.29, 1.82) is 0 Å². The molecule has 0 bridgehead atoms. The molecule has 0 aliphatic heterocycles. The summed E-state index contributed by atoms with van der Waals surface area (Å²) in [6.07, 6.45) is 79.8. The van der Waals surface area contributed by atoms with E-state index in [2.05, 4.69) is 130 Å². The number of rotatable bonds is 51. The second kappa shape index (κ2) is 57.9. The average molecular weight is 944 g/mol. The molecule has 0 aromatic carbocycles. The van der Waals surface area contributed by atoms with Crippen LogP contribution in [-0.4, -0.2) is 37.9 Å². The molecule has 68 heavy (non-hydrogen) atoms. The van der Waals surface area contributed by atoms with Gasteiger partial charge in [-0.2, -0.15) is 0 Å². The predicted molar refractivity (Wildman–Crippen MR) is 297 cm³/mol. The molecule has 0 amide bonds. The van der Waals surface area contributed by atoms with Crippen LogP contribution in [0.3, 0.4) is 0 Å². The molecule has 0 saturated heterocycles. The minimum Gasteiger partial charge on any atom is -0.462 e. The molecule has 0 N–H and O–H groups in total. The molecule has 0 heterocycles. The van der Waals surface area contributed by atoms with Gasteiger partial charge in [0, 0.05) is 12.8 Å². The highest BCUT2D eigenvalue weighted by atomic mass is 16.6. The van der Waals surface area contributed by atoms with Crippen molar-refractivity contribution in [3.8, 4) is 0 Å². The van der Waals surface area contributed by atoms with Gasteiger partial charge in [0.15, 0.2) is 6.10 Å². The molecule has 0 fully saturated rings. The van der Waals surface area contributed by atoms with Gasteiger partial charge < -0.3 is 14.2 Å². The van der Waals surface area contributed by atoms with E-state index in [1.165, 1.54) is 122 Å². The maximum absolute atomic E-state index is 12.9. The van der Waals surface area contributed by atoms with E-state index in [0.717, 1.165) is 96.3 Å². The molecule has 0 aromatic heterocycles. The first-order valence-electron chi connectivity index (χ1n) is 28.4. The highest BCUT2D eigenvalue weighted by molar-refractivity contribution is 5.70. The van der Waals surface area contributed by atoms with Crippen molar-refractivity contribution in [3.63, 3.8) is 0 Å². The lowest BCUT2D eigenvalue weighted by molar-refractivity contribution is -0.162. The first kappa shape index (κ1) is 64.6. The highest BCUT2D eigenvalue weighted by Gasteiger charge is 2.17. The van der Waals surface area contributed by atoms with Crippen molar-refractivity contribution in [2.24, 2.45) is 0 Å². The van der Waals surface area contributed by atoms with Crippen LogP contribution in [0.5, 0.6) is 0 Å². The molecular weight excluding hydrogens is 837 g/mol. The van der Waals surface area contributed by atoms with E-state index in [9.17, 15) is 9.59 Å². The standard InChI is InChI=1S/C63H106O5/c1-4-7-10-13-16-19-22-25-28-31-32-34-35-38-41-44-47-50-53-56-62(64)67-60-61(59-66-58-55-52-49-46-43-40-37-30-27-24-21-18-15-12-9-6-3)68-63(65)57-54-51-48-45-42-39-36-33-29-26-23-20-17-14-11-8-5-2/h9,12,16,18-19,21,25-30,32,34,40,43,49,52,61H,4-8,10-11,13-15,17,20,22-24,31,33,35-39,41-42,44-48,50-51,53-60H2,1-3H3/b12-9-,19-16-,21-18-,28-25-,29-26-,30-27-,34-32-,43-40-,52-49-. The first-order chi connectivity index (χ1) is 33.6. The van der Waals surface area contributed by atoms with Crippen molar-refractivity contribution in [2.75, 3.05) is 19.8 Å². The number of carbonyl (C=O) groups is 2. The monoisotopic (exact) mass is 943 g/mol. The molecule has 0 spiro atoms. The normalized spacial score (nSPS) is 13.0. The largest absolute Gasteiger partial charge is 0.462 e. The number of ether oxygens (including phenoxy) is 3. The second-order valence-electron chi connectivity index (χ2n) is 18.4. The fourth-order valence-electron chi connectivity index (χ4n) is 7.58. The molecular formula is C63H106O5. The number of allylic oxidation sites excluding steroid dienone is 17. The van der Waals surface area contributed by atoms with Gasteiger partial charge >= 0.3 is 11.9 Å². The van der Waals surface area contributed by atoms with Crippen LogP contribution in [0.2, 0.25) is 0 Å². The van der Waals surface area contributed by atoms with Crippen LogP contribution < -0.4 is 0 Å². The van der Waals surface area contributed by atoms with Gasteiger partial charge in [-0.1, -0.05) is 233 Å². The van der Waals surface area contributed by atoms with Gasteiger partial charge in [0.05, 0.1) is 13.2 Å². The predicted octanol–water partition coefficient (Wildman–Crippen LogP) is 19.6. The molecule has 0 saturated carbocycles. The molecule has 0 rings (SSSR count). The van der Waals surface area contributed by atoms with Gasteiger partial charge in [0.1, 0.15) is 6.61 Å². The highest BCUT2D eigenvalue weighted by Crippen LogP contribution is 2.14. The quantitative estimate of drug-likeness (QED) is 0.0345. The Morgan fingerprint density at radius 3 is 1.10 bits per heavy atom.